The van der Waals surface area contributed by atoms with Crippen molar-refractivity contribution in [3.63, 3.8) is 0 Å². The molecule has 0 saturated carbocycles. The standard InChI is InChI=1S/C14H20Br2N2O3/c1-14(2,3)21-13(20)18-5-4-17-8-9-6-10(15)12(19)11(16)7-9/h6-7,17,19H,4-5,8H2,1-3H3,(H,18,20). The highest BCUT2D eigenvalue weighted by Gasteiger charge is 2.15. The SMILES string of the molecule is CC(C)(C)OC(=O)NCCNCc1cc(Br)c(O)c(Br)c1. The van der Waals surface area contributed by atoms with Gasteiger partial charge in [0.2, 0.25) is 0 Å². The number of aromatic hydroxyl groups is 1. The van der Waals surface area contributed by atoms with Crippen LogP contribution in [0.15, 0.2) is 21.1 Å². The summed E-state index contributed by atoms with van der Waals surface area (Å²) in [4.78, 5) is 11.4. The highest BCUT2D eigenvalue weighted by atomic mass is 79.9. The molecule has 1 rings (SSSR count). The van der Waals surface area contributed by atoms with Crippen LogP contribution in [0.5, 0.6) is 5.75 Å². The summed E-state index contributed by atoms with van der Waals surface area (Å²) in [6.45, 7) is 7.21. The van der Waals surface area contributed by atoms with Crippen LogP contribution in [-0.2, 0) is 11.3 Å². The maximum Gasteiger partial charge on any atom is 0.407 e. The average Bonchev–Trinajstić information content (AvgIpc) is 2.33. The van der Waals surface area contributed by atoms with Gasteiger partial charge in [-0.25, -0.2) is 4.79 Å². The van der Waals surface area contributed by atoms with E-state index in [-0.39, 0.29) is 5.75 Å². The average molecular weight is 424 g/mol. The summed E-state index contributed by atoms with van der Waals surface area (Å²) in [6, 6.07) is 3.68. The lowest BCUT2D eigenvalue weighted by Gasteiger charge is -2.19. The van der Waals surface area contributed by atoms with Crippen molar-refractivity contribution < 1.29 is 14.6 Å². The number of phenols is 1. The fourth-order valence-electron chi connectivity index (χ4n) is 1.52. The Balaban J connectivity index is 2.27. The molecule has 0 saturated heterocycles. The van der Waals surface area contributed by atoms with Crippen LogP contribution in [0.25, 0.3) is 0 Å². The van der Waals surface area contributed by atoms with Gasteiger partial charge >= 0.3 is 6.09 Å². The number of carbonyl (C=O) groups excluding carboxylic acids is 1. The Hall–Kier alpha value is -0.790. The summed E-state index contributed by atoms with van der Waals surface area (Å²) in [5.74, 6) is 0.186. The van der Waals surface area contributed by atoms with Crippen molar-refractivity contribution in [1.82, 2.24) is 10.6 Å². The van der Waals surface area contributed by atoms with E-state index in [0.717, 1.165) is 5.56 Å². The molecule has 0 aliphatic rings. The molecule has 0 aromatic heterocycles. The van der Waals surface area contributed by atoms with Crippen LogP contribution >= 0.6 is 31.9 Å². The Labute approximate surface area is 141 Å². The lowest BCUT2D eigenvalue weighted by Crippen LogP contribution is -2.36. The first-order chi connectivity index (χ1) is 9.69. The Morgan fingerprint density at radius 1 is 1.24 bits per heavy atom. The zero-order valence-corrected chi connectivity index (χ0v) is 15.5. The second kappa shape index (κ2) is 8.00. The van der Waals surface area contributed by atoms with Gasteiger partial charge in [-0.15, -0.1) is 0 Å². The van der Waals surface area contributed by atoms with E-state index >= 15 is 0 Å². The number of rotatable bonds is 5. The monoisotopic (exact) mass is 422 g/mol. The summed E-state index contributed by atoms with van der Waals surface area (Å²) >= 11 is 6.57. The minimum atomic E-state index is -0.484. The molecular weight excluding hydrogens is 404 g/mol. The molecule has 7 heteroatoms. The highest BCUT2D eigenvalue weighted by Crippen LogP contribution is 2.33. The zero-order valence-electron chi connectivity index (χ0n) is 12.3. The normalized spacial score (nSPS) is 11.3. The van der Waals surface area contributed by atoms with E-state index in [1.807, 2.05) is 32.9 Å². The van der Waals surface area contributed by atoms with Gasteiger partial charge in [0, 0.05) is 19.6 Å². The van der Waals surface area contributed by atoms with E-state index in [0.29, 0.717) is 28.6 Å². The van der Waals surface area contributed by atoms with Crippen molar-refractivity contribution in [2.45, 2.75) is 32.9 Å². The van der Waals surface area contributed by atoms with Crippen molar-refractivity contribution in [2.24, 2.45) is 0 Å². The van der Waals surface area contributed by atoms with Crippen molar-refractivity contribution in [1.29, 1.82) is 0 Å². The van der Waals surface area contributed by atoms with Crippen LogP contribution in [0, 0.1) is 0 Å². The molecule has 0 heterocycles. The van der Waals surface area contributed by atoms with Crippen LogP contribution in [0.3, 0.4) is 0 Å². The molecule has 3 N–H and O–H groups in total. The van der Waals surface area contributed by atoms with Crippen LogP contribution in [0.1, 0.15) is 26.3 Å². The molecule has 0 spiro atoms. The third-order valence-corrected chi connectivity index (χ3v) is 3.58. The summed E-state index contributed by atoms with van der Waals surface area (Å²) < 4.78 is 6.41. The number of ether oxygens (including phenoxy) is 1. The Morgan fingerprint density at radius 3 is 2.33 bits per heavy atom. The number of amides is 1. The number of halogens is 2. The van der Waals surface area contributed by atoms with Crippen molar-refractivity contribution >= 4 is 38.0 Å². The van der Waals surface area contributed by atoms with Gasteiger partial charge in [0.05, 0.1) is 8.95 Å². The molecule has 0 aliphatic heterocycles. The number of hydrogen-bond acceptors (Lipinski definition) is 4. The Morgan fingerprint density at radius 2 is 1.81 bits per heavy atom. The van der Waals surface area contributed by atoms with Gasteiger partial charge in [0.15, 0.2) is 0 Å². The van der Waals surface area contributed by atoms with Gasteiger partial charge in [-0.3, -0.25) is 0 Å². The van der Waals surface area contributed by atoms with Crippen molar-refractivity contribution in [3.8, 4) is 5.75 Å². The van der Waals surface area contributed by atoms with Gasteiger partial charge in [0.1, 0.15) is 11.4 Å². The van der Waals surface area contributed by atoms with Gasteiger partial charge in [-0.05, 0) is 70.3 Å². The first-order valence-corrected chi connectivity index (χ1v) is 8.12. The van der Waals surface area contributed by atoms with Crippen LogP contribution in [0.2, 0.25) is 0 Å². The Bertz CT molecular complexity index is 478. The van der Waals surface area contributed by atoms with E-state index in [1.54, 1.807) is 0 Å². The molecule has 118 valence electrons. The minimum absolute atomic E-state index is 0.186. The molecule has 0 unspecified atom stereocenters. The molecule has 0 bridgehead atoms. The number of carbonyl (C=O) groups is 1. The van der Waals surface area contributed by atoms with Gasteiger partial charge in [-0.2, -0.15) is 0 Å². The number of hydrogen-bond donors (Lipinski definition) is 3. The molecule has 5 nitrogen and oxygen atoms in total. The lowest BCUT2D eigenvalue weighted by molar-refractivity contribution is 0.0528. The van der Waals surface area contributed by atoms with E-state index in [1.165, 1.54) is 0 Å². The second-order valence-corrected chi connectivity index (χ2v) is 7.22. The molecule has 0 radical (unpaired) electrons. The van der Waals surface area contributed by atoms with E-state index in [2.05, 4.69) is 42.5 Å². The molecule has 0 aliphatic carbocycles. The molecular formula is C14H20Br2N2O3. The fraction of sp³-hybridized carbons (Fsp3) is 0.500. The first kappa shape index (κ1) is 18.3. The zero-order chi connectivity index (χ0) is 16.0. The highest BCUT2D eigenvalue weighted by molar-refractivity contribution is 9.11. The largest absolute Gasteiger partial charge is 0.506 e. The van der Waals surface area contributed by atoms with E-state index in [4.69, 9.17) is 4.74 Å². The third kappa shape index (κ3) is 7.15. The molecule has 1 aromatic rings. The molecule has 1 amide bonds. The number of phenolic OH excluding ortho intramolecular Hbond substituents is 1. The topological polar surface area (TPSA) is 70.6 Å². The molecule has 0 atom stereocenters. The molecule has 1 aromatic carbocycles. The maximum atomic E-state index is 11.4. The molecule has 21 heavy (non-hydrogen) atoms. The summed E-state index contributed by atoms with van der Waals surface area (Å²) in [7, 11) is 0. The Kier molecular flexibility index (Phi) is 6.96. The molecule has 0 fully saturated rings. The quantitative estimate of drug-likeness (QED) is 0.633. The fourth-order valence-corrected chi connectivity index (χ4v) is 2.80. The van der Waals surface area contributed by atoms with Crippen molar-refractivity contribution in [3.05, 3.63) is 26.6 Å². The van der Waals surface area contributed by atoms with Crippen molar-refractivity contribution in [2.75, 3.05) is 13.1 Å². The summed E-state index contributed by atoms with van der Waals surface area (Å²) in [5.41, 5.74) is 0.533. The predicted octanol–water partition coefficient (Wildman–Crippen LogP) is 3.53. The second-order valence-electron chi connectivity index (χ2n) is 5.51. The maximum absolute atomic E-state index is 11.4. The van der Waals surface area contributed by atoms with Crippen LogP contribution < -0.4 is 10.6 Å². The third-order valence-electron chi connectivity index (χ3n) is 2.38. The van der Waals surface area contributed by atoms with E-state index < -0.39 is 11.7 Å². The minimum Gasteiger partial charge on any atom is -0.506 e. The summed E-state index contributed by atoms with van der Waals surface area (Å²) in [6.07, 6.45) is -0.417. The van der Waals surface area contributed by atoms with Crippen LogP contribution in [0.4, 0.5) is 4.79 Å². The number of benzene rings is 1. The number of nitrogens with one attached hydrogen (secondary N) is 2. The van der Waals surface area contributed by atoms with Gasteiger partial charge < -0.3 is 20.5 Å². The first-order valence-electron chi connectivity index (χ1n) is 6.53. The summed E-state index contributed by atoms with van der Waals surface area (Å²) in [5, 5.41) is 15.5. The van der Waals surface area contributed by atoms with Crippen LogP contribution in [-0.4, -0.2) is 29.9 Å². The number of alkyl carbamates (subject to hydrolysis) is 1. The van der Waals surface area contributed by atoms with E-state index in [9.17, 15) is 9.90 Å². The predicted molar refractivity (Wildman–Crippen MR) is 89.5 cm³/mol. The smallest absolute Gasteiger partial charge is 0.407 e. The lowest BCUT2D eigenvalue weighted by atomic mass is 10.2. The van der Waals surface area contributed by atoms with Gasteiger partial charge in [-0.1, -0.05) is 0 Å². The van der Waals surface area contributed by atoms with Gasteiger partial charge in [0.25, 0.3) is 0 Å².